The van der Waals surface area contributed by atoms with Crippen LogP contribution in [0, 0.1) is 5.92 Å². The third-order valence-corrected chi connectivity index (χ3v) is 2.93. The summed E-state index contributed by atoms with van der Waals surface area (Å²) in [6.45, 7) is 0.342. The first-order valence-corrected chi connectivity index (χ1v) is 5.45. The molecular weight excluding hydrogens is 269 g/mol. The standard InChI is InChI=1S/C9H7Cl2N3O3/c10-6-1-5(7(11)13-12-6)8(15)14-2-4(3-14)9(16)17/h1,4H,2-3H2,(H,16,17). The largest absolute Gasteiger partial charge is 0.481 e. The molecule has 0 unspecified atom stereocenters. The summed E-state index contributed by atoms with van der Waals surface area (Å²) in [5.74, 6) is -1.81. The van der Waals surface area contributed by atoms with Crippen LogP contribution in [0.5, 0.6) is 0 Å². The summed E-state index contributed by atoms with van der Waals surface area (Å²) in [6, 6.07) is 1.31. The van der Waals surface area contributed by atoms with Crippen molar-refractivity contribution in [2.45, 2.75) is 0 Å². The van der Waals surface area contributed by atoms with E-state index in [1.54, 1.807) is 0 Å². The zero-order valence-electron chi connectivity index (χ0n) is 8.43. The van der Waals surface area contributed by atoms with Gasteiger partial charge in [-0.25, -0.2) is 0 Å². The van der Waals surface area contributed by atoms with Gasteiger partial charge in [0, 0.05) is 13.1 Å². The van der Waals surface area contributed by atoms with Crippen LogP contribution < -0.4 is 0 Å². The van der Waals surface area contributed by atoms with E-state index in [2.05, 4.69) is 10.2 Å². The van der Waals surface area contributed by atoms with Gasteiger partial charge in [0.1, 0.15) is 0 Å². The molecule has 1 aliphatic heterocycles. The second kappa shape index (κ2) is 4.46. The Labute approximate surface area is 106 Å². The van der Waals surface area contributed by atoms with Crippen LogP contribution >= 0.6 is 23.2 Å². The molecule has 0 aromatic carbocycles. The van der Waals surface area contributed by atoms with Crippen LogP contribution in [0.2, 0.25) is 10.3 Å². The van der Waals surface area contributed by atoms with E-state index < -0.39 is 11.9 Å². The van der Waals surface area contributed by atoms with Crippen molar-refractivity contribution in [2.75, 3.05) is 13.1 Å². The molecule has 1 N–H and O–H groups in total. The highest BCUT2D eigenvalue weighted by Gasteiger charge is 2.36. The molecule has 0 saturated carbocycles. The fourth-order valence-electron chi connectivity index (χ4n) is 1.47. The summed E-state index contributed by atoms with van der Waals surface area (Å²) in [5, 5.41) is 15.7. The molecule has 8 heteroatoms. The molecule has 0 bridgehead atoms. The molecule has 2 rings (SSSR count). The third-order valence-electron chi connectivity index (χ3n) is 2.47. The van der Waals surface area contributed by atoms with E-state index in [-0.39, 0.29) is 34.9 Å². The minimum atomic E-state index is -0.911. The quantitative estimate of drug-likeness (QED) is 0.869. The van der Waals surface area contributed by atoms with E-state index >= 15 is 0 Å². The first kappa shape index (κ1) is 12.1. The topological polar surface area (TPSA) is 83.4 Å². The molecule has 0 radical (unpaired) electrons. The Morgan fingerprint density at radius 3 is 2.59 bits per heavy atom. The van der Waals surface area contributed by atoms with Gasteiger partial charge < -0.3 is 10.0 Å². The highest BCUT2D eigenvalue weighted by molar-refractivity contribution is 6.34. The van der Waals surface area contributed by atoms with Crippen molar-refractivity contribution in [3.8, 4) is 0 Å². The second-order valence-corrected chi connectivity index (χ2v) is 4.36. The van der Waals surface area contributed by atoms with Gasteiger partial charge in [-0.15, -0.1) is 10.2 Å². The average Bonchev–Trinajstić information content (AvgIpc) is 2.18. The minimum Gasteiger partial charge on any atom is -0.481 e. The van der Waals surface area contributed by atoms with Gasteiger partial charge in [0.2, 0.25) is 0 Å². The van der Waals surface area contributed by atoms with E-state index in [4.69, 9.17) is 28.3 Å². The lowest BCUT2D eigenvalue weighted by atomic mass is 9.99. The number of carboxylic acid groups (broad SMARTS) is 1. The van der Waals surface area contributed by atoms with E-state index in [0.29, 0.717) is 0 Å². The van der Waals surface area contributed by atoms with Crippen LogP contribution in [0.25, 0.3) is 0 Å². The second-order valence-electron chi connectivity index (χ2n) is 3.62. The van der Waals surface area contributed by atoms with Gasteiger partial charge >= 0.3 is 5.97 Å². The van der Waals surface area contributed by atoms with Gasteiger partial charge in [0.15, 0.2) is 10.3 Å². The predicted octanol–water partition coefficient (Wildman–Crippen LogP) is 0.940. The van der Waals surface area contributed by atoms with Gasteiger partial charge in [-0.3, -0.25) is 9.59 Å². The summed E-state index contributed by atoms with van der Waals surface area (Å²) >= 11 is 11.3. The summed E-state index contributed by atoms with van der Waals surface area (Å²) in [4.78, 5) is 23.9. The maximum absolute atomic E-state index is 11.9. The minimum absolute atomic E-state index is 0.0434. The number of hydrogen-bond donors (Lipinski definition) is 1. The number of likely N-dealkylation sites (tertiary alicyclic amines) is 1. The molecule has 0 atom stereocenters. The Balaban J connectivity index is 2.11. The molecule has 1 aromatic rings. The number of carbonyl (C=O) groups excluding carboxylic acids is 1. The fraction of sp³-hybridized carbons (Fsp3) is 0.333. The average molecular weight is 276 g/mol. The molecule has 17 heavy (non-hydrogen) atoms. The van der Waals surface area contributed by atoms with Crippen molar-refractivity contribution in [3.63, 3.8) is 0 Å². The van der Waals surface area contributed by atoms with Crippen LogP contribution in [0.4, 0.5) is 0 Å². The lowest BCUT2D eigenvalue weighted by molar-refractivity contribution is -0.146. The summed E-state index contributed by atoms with van der Waals surface area (Å²) in [7, 11) is 0. The van der Waals surface area contributed by atoms with E-state index in [1.807, 2.05) is 0 Å². The van der Waals surface area contributed by atoms with Crippen molar-refractivity contribution in [1.82, 2.24) is 15.1 Å². The molecule has 2 heterocycles. The highest BCUT2D eigenvalue weighted by Crippen LogP contribution is 2.23. The number of carboxylic acids is 1. The fourth-order valence-corrected chi connectivity index (χ4v) is 1.79. The molecule has 1 aliphatic rings. The van der Waals surface area contributed by atoms with Crippen LogP contribution in [-0.4, -0.2) is 45.2 Å². The maximum Gasteiger partial charge on any atom is 0.310 e. The predicted molar refractivity (Wildman–Crippen MR) is 59.1 cm³/mol. The van der Waals surface area contributed by atoms with Crippen LogP contribution in [-0.2, 0) is 4.79 Å². The molecule has 1 saturated heterocycles. The number of halogens is 2. The number of nitrogens with zero attached hydrogens (tertiary/aromatic N) is 3. The third kappa shape index (κ3) is 2.32. The van der Waals surface area contributed by atoms with E-state index in [1.165, 1.54) is 11.0 Å². The smallest absolute Gasteiger partial charge is 0.310 e. The SMILES string of the molecule is O=C(O)C1CN(C(=O)c2cc(Cl)nnc2Cl)C1. The van der Waals surface area contributed by atoms with Gasteiger partial charge in [-0.05, 0) is 6.07 Å². The maximum atomic E-state index is 11.9. The Kier molecular flexibility index (Phi) is 3.17. The lowest BCUT2D eigenvalue weighted by Gasteiger charge is -2.36. The number of amides is 1. The van der Waals surface area contributed by atoms with Gasteiger partial charge in [0.05, 0.1) is 11.5 Å². The van der Waals surface area contributed by atoms with E-state index in [0.717, 1.165) is 0 Å². The number of aromatic nitrogens is 2. The number of aliphatic carboxylic acids is 1. The lowest BCUT2D eigenvalue weighted by Crippen LogP contribution is -2.53. The summed E-state index contributed by atoms with van der Waals surface area (Å²) < 4.78 is 0. The molecule has 0 aliphatic carbocycles. The normalized spacial score (nSPS) is 15.5. The van der Waals surface area contributed by atoms with Crippen molar-refractivity contribution < 1.29 is 14.7 Å². The van der Waals surface area contributed by atoms with Crippen LogP contribution in [0.15, 0.2) is 6.07 Å². The molecule has 1 fully saturated rings. The molecule has 1 amide bonds. The Morgan fingerprint density at radius 2 is 2.00 bits per heavy atom. The molecule has 6 nitrogen and oxygen atoms in total. The summed E-state index contributed by atoms with van der Waals surface area (Å²) in [6.07, 6.45) is 0. The number of rotatable bonds is 2. The molecule has 90 valence electrons. The highest BCUT2D eigenvalue weighted by atomic mass is 35.5. The van der Waals surface area contributed by atoms with Crippen molar-refractivity contribution in [3.05, 3.63) is 21.9 Å². The first-order chi connectivity index (χ1) is 7.99. The van der Waals surface area contributed by atoms with Crippen molar-refractivity contribution in [1.29, 1.82) is 0 Å². The number of carbonyl (C=O) groups is 2. The Bertz CT molecular complexity index is 488. The van der Waals surface area contributed by atoms with Crippen molar-refractivity contribution in [2.24, 2.45) is 5.92 Å². The Morgan fingerprint density at radius 1 is 1.35 bits per heavy atom. The monoisotopic (exact) mass is 275 g/mol. The van der Waals surface area contributed by atoms with Gasteiger partial charge in [-0.1, -0.05) is 23.2 Å². The zero-order chi connectivity index (χ0) is 12.6. The van der Waals surface area contributed by atoms with Gasteiger partial charge in [-0.2, -0.15) is 0 Å². The summed E-state index contributed by atoms with van der Waals surface area (Å²) in [5.41, 5.74) is 0.135. The van der Waals surface area contributed by atoms with Gasteiger partial charge in [0.25, 0.3) is 5.91 Å². The number of hydrogen-bond acceptors (Lipinski definition) is 4. The zero-order valence-corrected chi connectivity index (χ0v) is 9.94. The molecule has 0 spiro atoms. The van der Waals surface area contributed by atoms with E-state index in [9.17, 15) is 9.59 Å². The first-order valence-electron chi connectivity index (χ1n) is 4.70. The molecule has 1 aromatic heterocycles. The van der Waals surface area contributed by atoms with Crippen LogP contribution in [0.3, 0.4) is 0 Å². The Hall–Kier alpha value is -1.40. The molecular formula is C9H7Cl2N3O3. The van der Waals surface area contributed by atoms with Crippen LogP contribution in [0.1, 0.15) is 10.4 Å². The van der Waals surface area contributed by atoms with Crippen molar-refractivity contribution >= 4 is 35.1 Å².